The Morgan fingerprint density at radius 3 is 2.92 bits per heavy atom. The van der Waals surface area contributed by atoms with Gasteiger partial charge in [0, 0.05) is 43.0 Å². The van der Waals surface area contributed by atoms with Crippen LogP contribution in [0.5, 0.6) is 0 Å². The summed E-state index contributed by atoms with van der Waals surface area (Å²) in [4.78, 5) is 32.4. The summed E-state index contributed by atoms with van der Waals surface area (Å²) >= 11 is 0. The Morgan fingerprint density at radius 2 is 2.12 bits per heavy atom. The largest absolute Gasteiger partial charge is 0.332 e. The monoisotopic (exact) mass is 349 g/mol. The Bertz CT molecular complexity index is 937. The van der Waals surface area contributed by atoms with Gasteiger partial charge < -0.3 is 9.80 Å². The summed E-state index contributed by atoms with van der Waals surface area (Å²) in [6.07, 6.45) is 6.25. The number of nitrogens with zero attached hydrogens (tertiary/aromatic N) is 4. The molecule has 4 rings (SSSR count). The first-order valence-electron chi connectivity index (χ1n) is 8.61. The average Bonchev–Trinajstić information content (AvgIpc) is 3.14. The molecule has 3 heterocycles. The van der Waals surface area contributed by atoms with Crippen LogP contribution in [0.25, 0.3) is 10.9 Å². The molecule has 7 heteroatoms. The van der Waals surface area contributed by atoms with Crippen LogP contribution in [0.3, 0.4) is 0 Å². The summed E-state index contributed by atoms with van der Waals surface area (Å²) in [7, 11) is 0. The molecule has 0 saturated carbocycles. The van der Waals surface area contributed by atoms with Gasteiger partial charge in [0.05, 0.1) is 11.7 Å². The number of benzene rings is 1. The minimum atomic E-state index is -0.0650. The van der Waals surface area contributed by atoms with Gasteiger partial charge in [-0.15, -0.1) is 0 Å². The number of piperazine rings is 1. The molecule has 0 bridgehead atoms. The van der Waals surface area contributed by atoms with Gasteiger partial charge in [-0.1, -0.05) is 6.07 Å². The molecule has 1 saturated heterocycles. The molecule has 1 aliphatic heterocycles. The topological polar surface area (TPSA) is 82.2 Å². The van der Waals surface area contributed by atoms with Crippen molar-refractivity contribution < 1.29 is 9.59 Å². The highest BCUT2D eigenvalue weighted by atomic mass is 16.2. The lowest BCUT2D eigenvalue weighted by Gasteiger charge is -2.34. The lowest BCUT2D eigenvalue weighted by atomic mass is 10.1. The lowest BCUT2D eigenvalue weighted by molar-refractivity contribution is -0.136. The Labute approximate surface area is 150 Å². The normalized spacial score (nSPS) is 14.8. The van der Waals surface area contributed by atoms with Crippen LogP contribution in [0.2, 0.25) is 0 Å². The highest BCUT2D eigenvalue weighted by Crippen LogP contribution is 2.22. The van der Waals surface area contributed by atoms with Gasteiger partial charge in [0.1, 0.15) is 6.54 Å². The van der Waals surface area contributed by atoms with E-state index in [9.17, 15) is 9.59 Å². The summed E-state index contributed by atoms with van der Waals surface area (Å²) in [5, 5.41) is 7.92. The van der Waals surface area contributed by atoms with E-state index in [1.807, 2.05) is 30.3 Å². The minimum absolute atomic E-state index is 0.00544. The Balaban J connectivity index is 1.38. The maximum Gasteiger partial charge on any atom is 0.246 e. The molecule has 0 spiro atoms. The summed E-state index contributed by atoms with van der Waals surface area (Å²) in [5.74, 6) is -0.0595. The van der Waals surface area contributed by atoms with Crippen molar-refractivity contribution in [2.24, 2.45) is 0 Å². The first-order valence-corrected chi connectivity index (χ1v) is 8.61. The zero-order valence-electron chi connectivity index (χ0n) is 14.3. The molecule has 7 nitrogen and oxygen atoms in total. The number of rotatable bonds is 4. The van der Waals surface area contributed by atoms with Crippen LogP contribution in [0.15, 0.2) is 48.9 Å². The molecule has 1 aliphatic rings. The van der Waals surface area contributed by atoms with E-state index in [0.717, 1.165) is 22.2 Å². The Kier molecular flexibility index (Phi) is 4.35. The van der Waals surface area contributed by atoms with Crippen molar-refractivity contribution in [2.45, 2.75) is 12.8 Å². The van der Waals surface area contributed by atoms with Crippen molar-refractivity contribution in [3.8, 4) is 0 Å². The fraction of sp³-hybridized carbons (Fsp3) is 0.263. The van der Waals surface area contributed by atoms with Gasteiger partial charge in [0.15, 0.2) is 0 Å². The zero-order chi connectivity index (χ0) is 17.9. The Hall–Kier alpha value is -3.22. The number of aromatic amines is 1. The van der Waals surface area contributed by atoms with Crippen LogP contribution in [-0.4, -0.2) is 51.5 Å². The standard InChI is InChI=1S/C19H19N5O2/c25-18(6-3-14-2-1-7-20-11-14)23-8-9-24(19(26)13-23)16-5-4-15-12-21-22-17(15)10-16/h1-2,4-5,7,10-12H,3,6,8-9,13H2,(H,21,22). The second kappa shape index (κ2) is 6.95. The number of anilines is 1. The third-order valence-corrected chi connectivity index (χ3v) is 4.66. The number of nitrogens with one attached hydrogen (secondary N) is 1. The van der Waals surface area contributed by atoms with E-state index in [1.54, 1.807) is 28.4 Å². The molecule has 3 aromatic rings. The maximum absolute atomic E-state index is 12.6. The Morgan fingerprint density at radius 1 is 1.19 bits per heavy atom. The maximum atomic E-state index is 12.6. The van der Waals surface area contributed by atoms with Crippen LogP contribution in [0.4, 0.5) is 5.69 Å². The molecule has 2 aromatic heterocycles. The van der Waals surface area contributed by atoms with Gasteiger partial charge in [-0.05, 0) is 36.2 Å². The van der Waals surface area contributed by atoms with Crippen molar-refractivity contribution in [2.75, 3.05) is 24.5 Å². The van der Waals surface area contributed by atoms with E-state index in [-0.39, 0.29) is 18.4 Å². The van der Waals surface area contributed by atoms with Gasteiger partial charge in [-0.25, -0.2) is 0 Å². The molecule has 1 fully saturated rings. The third kappa shape index (κ3) is 3.28. The van der Waals surface area contributed by atoms with E-state index in [4.69, 9.17) is 0 Å². The van der Waals surface area contributed by atoms with Crippen LogP contribution in [0.1, 0.15) is 12.0 Å². The molecule has 0 atom stereocenters. The summed E-state index contributed by atoms with van der Waals surface area (Å²) < 4.78 is 0. The first-order chi connectivity index (χ1) is 12.7. The molecule has 0 aliphatic carbocycles. The summed E-state index contributed by atoms with van der Waals surface area (Å²) in [6.45, 7) is 1.16. The van der Waals surface area contributed by atoms with Crippen LogP contribution in [-0.2, 0) is 16.0 Å². The van der Waals surface area contributed by atoms with Gasteiger partial charge in [-0.3, -0.25) is 19.7 Å². The number of fused-ring (bicyclic) bond motifs is 1. The van der Waals surface area contributed by atoms with Crippen molar-refractivity contribution in [3.63, 3.8) is 0 Å². The first kappa shape index (κ1) is 16.3. The van der Waals surface area contributed by atoms with Crippen molar-refractivity contribution in [1.29, 1.82) is 0 Å². The highest BCUT2D eigenvalue weighted by Gasteiger charge is 2.27. The predicted octanol–water partition coefficient (Wildman–Crippen LogP) is 1.77. The number of hydrogen-bond acceptors (Lipinski definition) is 4. The number of hydrogen-bond donors (Lipinski definition) is 1. The number of aryl methyl sites for hydroxylation is 1. The average molecular weight is 349 g/mol. The number of carbonyl (C=O) groups is 2. The zero-order valence-corrected chi connectivity index (χ0v) is 14.3. The summed E-state index contributed by atoms with van der Waals surface area (Å²) in [6, 6.07) is 9.58. The molecule has 132 valence electrons. The third-order valence-electron chi connectivity index (χ3n) is 4.66. The van der Waals surface area contributed by atoms with Crippen LogP contribution >= 0.6 is 0 Å². The van der Waals surface area contributed by atoms with Crippen LogP contribution in [0, 0.1) is 0 Å². The number of amides is 2. The smallest absolute Gasteiger partial charge is 0.246 e. The highest BCUT2D eigenvalue weighted by molar-refractivity contribution is 5.99. The minimum Gasteiger partial charge on any atom is -0.332 e. The summed E-state index contributed by atoms with van der Waals surface area (Å²) in [5.41, 5.74) is 2.75. The second-order valence-electron chi connectivity index (χ2n) is 6.36. The van der Waals surface area contributed by atoms with E-state index in [1.165, 1.54) is 0 Å². The van der Waals surface area contributed by atoms with Gasteiger partial charge in [0.2, 0.25) is 11.8 Å². The molecule has 0 radical (unpaired) electrons. The fourth-order valence-corrected chi connectivity index (χ4v) is 3.21. The van der Waals surface area contributed by atoms with Crippen molar-refractivity contribution in [3.05, 3.63) is 54.5 Å². The van der Waals surface area contributed by atoms with E-state index in [0.29, 0.717) is 25.9 Å². The SMILES string of the molecule is O=C(CCc1cccnc1)N1CCN(c2ccc3cn[nH]c3c2)C(=O)C1. The predicted molar refractivity (Wildman–Crippen MR) is 97.6 cm³/mol. The number of aromatic nitrogens is 3. The van der Waals surface area contributed by atoms with Gasteiger partial charge in [0.25, 0.3) is 0 Å². The number of pyridine rings is 1. The molecule has 1 aromatic carbocycles. The second-order valence-corrected chi connectivity index (χ2v) is 6.36. The number of carbonyl (C=O) groups excluding carboxylic acids is 2. The van der Waals surface area contributed by atoms with Gasteiger partial charge in [-0.2, -0.15) is 5.10 Å². The molecular formula is C19H19N5O2. The number of H-pyrrole nitrogens is 1. The van der Waals surface area contributed by atoms with Crippen molar-refractivity contribution >= 4 is 28.4 Å². The molecular weight excluding hydrogens is 330 g/mol. The molecule has 1 N–H and O–H groups in total. The van der Waals surface area contributed by atoms with E-state index < -0.39 is 0 Å². The molecule has 0 unspecified atom stereocenters. The molecule has 26 heavy (non-hydrogen) atoms. The van der Waals surface area contributed by atoms with E-state index >= 15 is 0 Å². The van der Waals surface area contributed by atoms with Gasteiger partial charge >= 0.3 is 0 Å². The fourth-order valence-electron chi connectivity index (χ4n) is 3.21. The van der Waals surface area contributed by atoms with Crippen molar-refractivity contribution in [1.82, 2.24) is 20.1 Å². The lowest BCUT2D eigenvalue weighted by Crippen LogP contribution is -2.52. The van der Waals surface area contributed by atoms with E-state index in [2.05, 4.69) is 15.2 Å². The van der Waals surface area contributed by atoms with Crippen LogP contribution < -0.4 is 4.90 Å². The quantitative estimate of drug-likeness (QED) is 0.778. The molecule has 2 amide bonds.